The zero-order valence-electron chi connectivity index (χ0n) is 18.5. The molecule has 158 valence electrons. The van der Waals surface area contributed by atoms with Gasteiger partial charge in [-0.3, -0.25) is 0 Å². The van der Waals surface area contributed by atoms with Gasteiger partial charge in [0, 0.05) is 18.7 Å². The van der Waals surface area contributed by atoms with E-state index in [1.165, 1.54) is 27.8 Å². The Bertz CT molecular complexity index is 834. The van der Waals surface area contributed by atoms with Gasteiger partial charge in [-0.1, -0.05) is 30.3 Å². The summed E-state index contributed by atoms with van der Waals surface area (Å²) >= 11 is 0. The summed E-state index contributed by atoms with van der Waals surface area (Å²) in [4.78, 5) is 2.16. The van der Waals surface area contributed by atoms with Crippen molar-refractivity contribution in [3.05, 3.63) is 58.1 Å². The standard InChI is InChI=1S/C25H35NO3/c1-18-19(2)24-22(11-12-25(4,29-24)13-14-26(5)15-16-27)20(3)23(18)28-17-21-9-7-6-8-10-21/h6-10,27H,11-17H2,1-5H3. The molecule has 0 saturated heterocycles. The van der Waals surface area contributed by atoms with E-state index in [4.69, 9.17) is 14.6 Å². The molecule has 1 unspecified atom stereocenters. The minimum Gasteiger partial charge on any atom is -0.488 e. The van der Waals surface area contributed by atoms with Crippen LogP contribution in [0, 0.1) is 20.8 Å². The lowest BCUT2D eigenvalue weighted by Crippen LogP contribution is -2.40. The molecule has 0 amide bonds. The minimum absolute atomic E-state index is 0.174. The maximum absolute atomic E-state index is 9.12. The van der Waals surface area contributed by atoms with Crippen molar-refractivity contribution >= 4 is 0 Å². The number of rotatable bonds is 8. The Hall–Kier alpha value is -2.04. The van der Waals surface area contributed by atoms with Crippen molar-refractivity contribution in [1.29, 1.82) is 0 Å². The van der Waals surface area contributed by atoms with E-state index in [1.54, 1.807) is 0 Å². The fraction of sp³-hybridized carbons (Fsp3) is 0.520. The molecule has 3 rings (SSSR count). The Morgan fingerprint density at radius 2 is 1.79 bits per heavy atom. The second-order valence-electron chi connectivity index (χ2n) is 8.61. The van der Waals surface area contributed by atoms with E-state index in [0.717, 1.165) is 37.3 Å². The molecule has 1 heterocycles. The molecule has 0 radical (unpaired) electrons. The molecule has 0 fully saturated rings. The van der Waals surface area contributed by atoms with Crippen LogP contribution in [0.25, 0.3) is 0 Å². The molecule has 29 heavy (non-hydrogen) atoms. The van der Waals surface area contributed by atoms with Crippen molar-refractivity contribution in [2.75, 3.05) is 26.7 Å². The number of aliphatic hydroxyl groups is 1. The number of fused-ring (bicyclic) bond motifs is 1. The van der Waals surface area contributed by atoms with Crippen molar-refractivity contribution in [3.63, 3.8) is 0 Å². The van der Waals surface area contributed by atoms with Crippen LogP contribution in [0.15, 0.2) is 30.3 Å². The molecule has 0 saturated carbocycles. The van der Waals surface area contributed by atoms with Crippen LogP contribution in [-0.4, -0.2) is 42.4 Å². The van der Waals surface area contributed by atoms with Gasteiger partial charge < -0.3 is 19.5 Å². The van der Waals surface area contributed by atoms with Gasteiger partial charge >= 0.3 is 0 Å². The summed E-state index contributed by atoms with van der Waals surface area (Å²) in [6.45, 7) is 11.0. The summed E-state index contributed by atoms with van der Waals surface area (Å²) in [5.41, 5.74) is 5.85. The van der Waals surface area contributed by atoms with Crippen molar-refractivity contribution in [2.24, 2.45) is 0 Å². The van der Waals surface area contributed by atoms with E-state index in [-0.39, 0.29) is 12.2 Å². The molecule has 4 heteroatoms. The van der Waals surface area contributed by atoms with E-state index in [0.29, 0.717) is 13.2 Å². The maximum Gasteiger partial charge on any atom is 0.127 e. The number of aliphatic hydroxyl groups excluding tert-OH is 1. The third-order valence-corrected chi connectivity index (χ3v) is 6.29. The molecule has 4 nitrogen and oxygen atoms in total. The first kappa shape index (κ1) is 21.7. The van der Waals surface area contributed by atoms with Crippen LogP contribution in [0.5, 0.6) is 11.5 Å². The summed E-state index contributed by atoms with van der Waals surface area (Å²) in [5.74, 6) is 2.05. The minimum atomic E-state index is -0.174. The number of benzene rings is 2. The largest absolute Gasteiger partial charge is 0.488 e. The lowest BCUT2D eigenvalue weighted by atomic mass is 9.85. The Morgan fingerprint density at radius 1 is 1.07 bits per heavy atom. The van der Waals surface area contributed by atoms with Crippen molar-refractivity contribution in [1.82, 2.24) is 4.90 Å². The highest BCUT2D eigenvalue weighted by Gasteiger charge is 2.34. The first-order valence-corrected chi connectivity index (χ1v) is 10.6. The highest BCUT2D eigenvalue weighted by Crippen LogP contribution is 2.44. The SMILES string of the molecule is Cc1c(C)c2c(c(C)c1OCc1ccccc1)CCC(C)(CCN(C)CCO)O2. The van der Waals surface area contributed by atoms with Crippen LogP contribution in [-0.2, 0) is 13.0 Å². The van der Waals surface area contributed by atoms with Gasteiger partial charge in [-0.15, -0.1) is 0 Å². The van der Waals surface area contributed by atoms with Gasteiger partial charge in [0.2, 0.25) is 0 Å². The van der Waals surface area contributed by atoms with Gasteiger partial charge in [0.1, 0.15) is 23.7 Å². The Morgan fingerprint density at radius 3 is 2.48 bits per heavy atom. The molecule has 1 atom stereocenters. The molecule has 0 spiro atoms. The second kappa shape index (κ2) is 9.19. The summed E-state index contributed by atoms with van der Waals surface area (Å²) in [5, 5.41) is 9.12. The first-order chi connectivity index (χ1) is 13.8. The number of ether oxygens (including phenoxy) is 2. The van der Waals surface area contributed by atoms with Crippen molar-refractivity contribution < 1.29 is 14.6 Å². The molecule has 1 N–H and O–H groups in total. The molecule has 0 bridgehead atoms. The predicted molar refractivity (Wildman–Crippen MR) is 118 cm³/mol. The second-order valence-corrected chi connectivity index (χ2v) is 8.61. The average Bonchev–Trinajstić information content (AvgIpc) is 2.72. The fourth-order valence-corrected chi connectivity index (χ4v) is 4.11. The third kappa shape index (κ3) is 4.93. The van der Waals surface area contributed by atoms with Gasteiger partial charge in [-0.05, 0) is 76.3 Å². The Kier molecular flexibility index (Phi) is 6.86. The smallest absolute Gasteiger partial charge is 0.127 e. The van der Waals surface area contributed by atoms with Crippen LogP contribution >= 0.6 is 0 Å². The van der Waals surface area contributed by atoms with E-state index in [1.807, 2.05) is 25.2 Å². The van der Waals surface area contributed by atoms with E-state index < -0.39 is 0 Å². The molecule has 1 aliphatic rings. The molecular formula is C25H35NO3. The van der Waals surface area contributed by atoms with Crippen LogP contribution in [0.1, 0.15) is 47.6 Å². The van der Waals surface area contributed by atoms with Crippen LogP contribution < -0.4 is 9.47 Å². The topological polar surface area (TPSA) is 41.9 Å². The zero-order chi connectivity index (χ0) is 21.0. The van der Waals surface area contributed by atoms with Crippen LogP contribution in [0.4, 0.5) is 0 Å². The molecule has 0 aliphatic carbocycles. The highest BCUT2D eigenvalue weighted by molar-refractivity contribution is 5.59. The number of nitrogens with zero attached hydrogens (tertiary/aromatic N) is 1. The van der Waals surface area contributed by atoms with Crippen LogP contribution in [0.3, 0.4) is 0 Å². The van der Waals surface area contributed by atoms with Crippen LogP contribution in [0.2, 0.25) is 0 Å². The molecule has 1 aliphatic heterocycles. The monoisotopic (exact) mass is 397 g/mol. The Balaban J connectivity index is 1.79. The van der Waals surface area contributed by atoms with Gasteiger partial charge in [-0.25, -0.2) is 0 Å². The quantitative estimate of drug-likeness (QED) is 0.707. The summed E-state index contributed by atoms with van der Waals surface area (Å²) in [7, 11) is 2.05. The molecule has 2 aromatic rings. The van der Waals surface area contributed by atoms with Gasteiger partial charge in [-0.2, -0.15) is 0 Å². The van der Waals surface area contributed by atoms with E-state index in [9.17, 15) is 0 Å². The number of hydrogen-bond acceptors (Lipinski definition) is 4. The molecule has 0 aromatic heterocycles. The lowest BCUT2D eigenvalue weighted by molar-refractivity contribution is 0.0444. The van der Waals surface area contributed by atoms with Gasteiger partial charge in [0.25, 0.3) is 0 Å². The van der Waals surface area contributed by atoms with E-state index >= 15 is 0 Å². The summed E-state index contributed by atoms with van der Waals surface area (Å²) in [6.07, 6.45) is 2.95. The normalized spacial score (nSPS) is 18.4. The van der Waals surface area contributed by atoms with Crippen molar-refractivity contribution in [2.45, 2.75) is 59.2 Å². The highest BCUT2D eigenvalue weighted by atomic mass is 16.5. The third-order valence-electron chi connectivity index (χ3n) is 6.29. The molecule has 2 aromatic carbocycles. The first-order valence-electron chi connectivity index (χ1n) is 10.6. The van der Waals surface area contributed by atoms with Crippen molar-refractivity contribution in [3.8, 4) is 11.5 Å². The van der Waals surface area contributed by atoms with Gasteiger partial charge in [0.05, 0.1) is 6.61 Å². The zero-order valence-corrected chi connectivity index (χ0v) is 18.5. The Labute approximate surface area is 175 Å². The lowest BCUT2D eigenvalue weighted by Gasteiger charge is -2.39. The molecular weight excluding hydrogens is 362 g/mol. The summed E-state index contributed by atoms with van der Waals surface area (Å²) < 4.78 is 12.9. The number of hydrogen-bond donors (Lipinski definition) is 1. The predicted octanol–water partition coefficient (Wildman–Crippen LogP) is 4.59. The fourth-order valence-electron chi connectivity index (χ4n) is 4.11. The maximum atomic E-state index is 9.12. The van der Waals surface area contributed by atoms with Gasteiger partial charge in [0.15, 0.2) is 0 Å². The average molecular weight is 398 g/mol. The number of likely N-dealkylation sites (N-methyl/N-ethyl adjacent to an activating group) is 1. The summed E-state index contributed by atoms with van der Waals surface area (Å²) in [6, 6.07) is 10.3. The van der Waals surface area contributed by atoms with E-state index in [2.05, 4.69) is 44.7 Å².